The molecule has 1 aliphatic heterocycles. The third-order valence-electron chi connectivity index (χ3n) is 3.39. The number of rotatable bonds is 4. The Kier molecular flexibility index (Phi) is 4.72. The second kappa shape index (κ2) is 6.15. The van der Waals surface area contributed by atoms with Crippen LogP contribution in [0.15, 0.2) is 18.2 Å². The van der Waals surface area contributed by atoms with Crippen molar-refractivity contribution in [2.24, 2.45) is 0 Å². The Morgan fingerprint density at radius 2 is 2.10 bits per heavy atom. The Morgan fingerprint density at radius 3 is 2.75 bits per heavy atom. The number of nitrogens with one attached hydrogen (secondary N) is 1. The van der Waals surface area contributed by atoms with Gasteiger partial charge in [0.2, 0.25) is 0 Å². The summed E-state index contributed by atoms with van der Waals surface area (Å²) < 4.78 is 48.8. The summed E-state index contributed by atoms with van der Waals surface area (Å²) in [6.45, 7) is 0.102. The standard InChI is InChI=1S/C13H17F2NO3S/c14-11-4-3-9(6-12(11)15)13(17)7-16-10-2-1-5-20(18,19)8-10/h3-4,6,10,13,16-17H,1-2,5,7-8H2. The molecule has 2 unspecified atom stereocenters. The molecular formula is C13H17F2NO3S. The van der Waals surface area contributed by atoms with E-state index in [2.05, 4.69) is 5.32 Å². The van der Waals surface area contributed by atoms with Crippen LogP contribution in [0, 0.1) is 11.6 Å². The van der Waals surface area contributed by atoms with Crippen molar-refractivity contribution in [3.63, 3.8) is 0 Å². The van der Waals surface area contributed by atoms with Crippen molar-refractivity contribution in [3.05, 3.63) is 35.4 Å². The second-order valence-electron chi connectivity index (χ2n) is 5.05. The second-order valence-corrected chi connectivity index (χ2v) is 7.28. The lowest BCUT2D eigenvalue weighted by Crippen LogP contribution is -2.41. The van der Waals surface area contributed by atoms with Crippen LogP contribution in [0.5, 0.6) is 0 Å². The van der Waals surface area contributed by atoms with E-state index in [-0.39, 0.29) is 29.7 Å². The van der Waals surface area contributed by atoms with Crippen molar-refractivity contribution in [2.45, 2.75) is 25.0 Å². The highest BCUT2D eigenvalue weighted by Crippen LogP contribution is 2.17. The summed E-state index contributed by atoms with van der Waals surface area (Å²) in [6, 6.07) is 3.01. The van der Waals surface area contributed by atoms with Crippen LogP contribution >= 0.6 is 0 Å². The summed E-state index contributed by atoms with van der Waals surface area (Å²) in [5.74, 6) is -1.72. The molecule has 0 radical (unpaired) electrons. The zero-order valence-corrected chi connectivity index (χ0v) is 11.7. The quantitative estimate of drug-likeness (QED) is 0.876. The number of hydrogen-bond acceptors (Lipinski definition) is 4. The first-order chi connectivity index (χ1) is 9.37. The fourth-order valence-corrected chi connectivity index (χ4v) is 3.97. The van der Waals surface area contributed by atoms with Crippen molar-refractivity contribution in [3.8, 4) is 0 Å². The first-order valence-corrected chi connectivity index (χ1v) is 8.26. The largest absolute Gasteiger partial charge is 0.387 e. The van der Waals surface area contributed by atoms with E-state index < -0.39 is 27.6 Å². The van der Waals surface area contributed by atoms with Crippen LogP contribution < -0.4 is 5.32 Å². The van der Waals surface area contributed by atoms with Gasteiger partial charge in [0.15, 0.2) is 21.5 Å². The van der Waals surface area contributed by atoms with Gasteiger partial charge in [-0.1, -0.05) is 6.07 Å². The predicted molar refractivity (Wildman–Crippen MR) is 71.0 cm³/mol. The van der Waals surface area contributed by atoms with E-state index in [0.29, 0.717) is 6.42 Å². The number of halogens is 2. The van der Waals surface area contributed by atoms with Crippen LogP contribution in [-0.2, 0) is 9.84 Å². The van der Waals surface area contributed by atoms with Gasteiger partial charge in [0.05, 0.1) is 17.6 Å². The van der Waals surface area contributed by atoms with Gasteiger partial charge >= 0.3 is 0 Å². The van der Waals surface area contributed by atoms with Crippen LogP contribution in [0.1, 0.15) is 24.5 Å². The van der Waals surface area contributed by atoms with Crippen molar-refractivity contribution in [2.75, 3.05) is 18.1 Å². The number of sulfone groups is 1. The zero-order chi connectivity index (χ0) is 14.8. The smallest absolute Gasteiger partial charge is 0.159 e. The van der Waals surface area contributed by atoms with Gasteiger partial charge in [0.1, 0.15) is 0 Å². The molecule has 20 heavy (non-hydrogen) atoms. The lowest BCUT2D eigenvalue weighted by Gasteiger charge is -2.24. The highest BCUT2D eigenvalue weighted by atomic mass is 32.2. The maximum absolute atomic E-state index is 13.1. The molecule has 0 saturated carbocycles. The molecule has 2 N–H and O–H groups in total. The zero-order valence-electron chi connectivity index (χ0n) is 10.9. The minimum Gasteiger partial charge on any atom is -0.387 e. The maximum Gasteiger partial charge on any atom is 0.159 e. The Bertz CT molecular complexity index is 577. The van der Waals surface area contributed by atoms with Crippen molar-refractivity contribution in [1.82, 2.24) is 5.32 Å². The average Bonchev–Trinajstić information content (AvgIpc) is 2.38. The molecule has 1 aromatic carbocycles. The molecule has 0 bridgehead atoms. The molecule has 0 amide bonds. The summed E-state index contributed by atoms with van der Waals surface area (Å²) in [5, 5.41) is 12.9. The van der Waals surface area contributed by atoms with Crippen LogP contribution in [-0.4, -0.2) is 37.6 Å². The average molecular weight is 305 g/mol. The van der Waals surface area contributed by atoms with Crippen LogP contribution in [0.4, 0.5) is 8.78 Å². The van der Waals surface area contributed by atoms with E-state index >= 15 is 0 Å². The van der Waals surface area contributed by atoms with E-state index in [1.54, 1.807) is 0 Å². The normalized spacial score (nSPS) is 23.4. The maximum atomic E-state index is 13.1. The van der Waals surface area contributed by atoms with Gasteiger partial charge in [-0.05, 0) is 30.5 Å². The van der Waals surface area contributed by atoms with E-state index in [1.165, 1.54) is 6.07 Å². The molecule has 0 aromatic heterocycles. The molecule has 112 valence electrons. The lowest BCUT2D eigenvalue weighted by molar-refractivity contribution is 0.169. The molecule has 1 aromatic rings. The third-order valence-corrected chi connectivity index (χ3v) is 5.21. The van der Waals surface area contributed by atoms with Gasteiger partial charge < -0.3 is 10.4 Å². The first-order valence-electron chi connectivity index (χ1n) is 6.44. The highest BCUT2D eigenvalue weighted by Gasteiger charge is 2.25. The van der Waals surface area contributed by atoms with Crippen LogP contribution in [0.3, 0.4) is 0 Å². The third kappa shape index (κ3) is 3.97. The van der Waals surface area contributed by atoms with Crippen molar-refractivity contribution >= 4 is 9.84 Å². The molecule has 7 heteroatoms. The Morgan fingerprint density at radius 1 is 1.35 bits per heavy atom. The van der Waals surface area contributed by atoms with Crippen LogP contribution in [0.2, 0.25) is 0 Å². The Balaban J connectivity index is 1.91. The minimum absolute atomic E-state index is 0.0531. The SMILES string of the molecule is O=S1(=O)CCCC(NCC(O)c2ccc(F)c(F)c2)C1. The highest BCUT2D eigenvalue weighted by molar-refractivity contribution is 7.91. The molecule has 2 rings (SSSR count). The number of benzene rings is 1. The number of hydrogen-bond donors (Lipinski definition) is 2. The summed E-state index contributed by atoms with van der Waals surface area (Å²) in [5.41, 5.74) is 0.259. The topological polar surface area (TPSA) is 66.4 Å². The predicted octanol–water partition coefficient (Wildman–Crippen LogP) is 1.16. The van der Waals surface area contributed by atoms with E-state index in [0.717, 1.165) is 18.6 Å². The van der Waals surface area contributed by atoms with Gasteiger partial charge in [-0.2, -0.15) is 0 Å². The van der Waals surface area contributed by atoms with Gasteiger partial charge in [0, 0.05) is 12.6 Å². The Labute approximate surface area is 116 Å². The van der Waals surface area contributed by atoms with Crippen LogP contribution in [0.25, 0.3) is 0 Å². The summed E-state index contributed by atoms with van der Waals surface area (Å²) in [7, 11) is -3.01. The molecule has 1 saturated heterocycles. The summed E-state index contributed by atoms with van der Waals surface area (Å²) in [6.07, 6.45) is 0.320. The fourth-order valence-electron chi connectivity index (χ4n) is 2.30. The summed E-state index contributed by atoms with van der Waals surface area (Å²) >= 11 is 0. The number of aliphatic hydroxyl groups is 1. The molecular weight excluding hydrogens is 288 g/mol. The summed E-state index contributed by atoms with van der Waals surface area (Å²) in [4.78, 5) is 0. The Hall–Kier alpha value is -1.05. The molecule has 1 aliphatic rings. The van der Waals surface area contributed by atoms with E-state index in [4.69, 9.17) is 0 Å². The van der Waals surface area contributed by atoms with Crippen molar-refractivity contribution < 1.29 is 22.3 Å². The van der Waals surface area contributed by atoms with E-state index in [9.17, 15) is 22.3 Å². The van der Waals surface area contributed by atoms with Gasteiger partial charge in [-0.3, -0.25) is 0 Å². The fraction of sp³-hybridized carbons (Fsp3) is 0.538. The molecule has 1 heterocycles. The molecule has 0 aliphatic carbocycles. The van der Waals surface area contributed by atoms with Gasteiger partial charge in [-0.25, -0.2) is 17.2 Å². The molecule has 4 nitrogen and oxygen atoms in total. The lowest BCUT2D eigenvalue weighted by atomic mass is 10.1. The van der Waals surface area contributed by atoms with Gasteiger partial charge in [-0.15, -0.1) is 0 Å². The minimum atomic E-state index is -3.01. The van der Waals surface area contributed by atoms with Crippen molar-refractivity contribution in [1.29, 1.82) is 0 Å². The van der Waals surface area contributed by atoms with E-state index in [1.807, 2.05) is 0 Å². The molecule has 2 atom stereocenters. The number of aliphatic hydroxyl groups excluding tert-OH is 1. The van der Waals surface area contributed by atoms with Gasteiger partial charge in [0.25, 0.3) is 0 Å². The monoisotopic (exact) mass is 305 g/mol. The molecule has 1 fully saturated rings. The first kappa shape index (κ1) is 15.3. The molecule has 0 spiro atoms.